The number of fused-ring (bicyclic) bond motifs is 5. The largest absolute Gasteiger partial charge is 0.460 e. The second-order valence-corrected chi connectivity index (χ2v) is 16.5. The summed E-state index contributed by atoms with van der Waals surface area (Å²) in [6, 6.07) is 0. The molecule has 0 saturated heterocycles. The summed E-state index contributed by atoms with van der Waals surface area (Å²) in [5.41, 5.74) is 1.99. The van der Waals surface area contributed by atoms with Gasteiger partial charge in [-0.15, -0.1) is 0 Å². The lowest BCUT2D eigenvalue weighted by atomic mass is 9.47. The number of carbonyl (C=O) groups excluding carboxylic acids is 2. The maximum absolute atomic E-state index is 12.1. The fourth-order valence-electron chi connectivity index (χ4n) is 9.88. The quantitative estimate of drug-likeness (QED) is 0.131. The van der Waals surface area contributed by atoms with Gasteiger partial charge in [0.15, 0.2) is 0 Å². The van der Waals surface area contributed by atoms with Gasteiger partial charge >= 0.3 is 5.97 Å². The van der Waals surface area contributed by atoms with Gasteiger partial charge in [-0.2, -0.15) is 0 Å². The van der Waals surface area contributed by atoms with E-state index in [9.17, 15) is 9.59 Å². The number of esters is 1. The average molecular weight is 583 g/mol. The van der Waals surface area contributed by atoms with E-state index in [1.807, 2.05) is 32.9 Å². The Kier molecular flexibility index (Phi) is 10.9. The Hall–Kier alpha value is -1.42. The number of Topliss-reactive ketones (excluding diaryl/α,β-unsaturated/α-hetero) is 1. The van der Waals surface area contributed by atoms with Crippen molar-refractivity contribution in [2.45, 2.75) is 151 Å². The molecule has 4 nitrogen and oxygen atoms in total. The van der Waals surface area contributed by atoms with Gasteiger partial charge in [-0.3, -0.25) is 9.59 Å². The van der Waals surface area contributed by atoms with Crippen LogP contribution in [0.5, 0.6) is 0 Å². The standard InChI is InChI=1S/C38H62O4/c1-26(2)12-11-13-27(3)32-17-18-33-31-16-15-28-24-30(19-21-37(28,7)34(31)20-22-38(32,33)8)41-23-10-9-14-29(39)25-35(40)42-36(4,5)6/h9-10,15,26-27,30-34H,11-14,16-25H2,1-8H3/b10-9+/t27-,30+,31?,32?,33?,34?,37+,38-/m1/s1. The van der Waals surface area contributed by atoms with Crippen LogP contribution < -0.4 is 0 Å². The van der Waals surface area contributed by atoms with Crippen LogP contribution in [0.2, 0.25) is 0 Å². The van der Waals surface area contributed by atoms with Gasteiger partial charge in [-0.05, 0) is 118 Å². The smallest absolute Gasteiger partial charge is 0.313 e. The molecule has 0 aliphatic heterocycles. The van der Waals surface area contributed by atoms with Gasteiger partial charge in [0.1, 0.15) is 17.8 Å². The first kappa shape index (κ1) is 33.5. The first-order chi connectivity index (χ1) is 19.7. The first-order valence-electron chi connectivity index (χ1n) is 17.4. The average Bonchev–Trinajstić information content (AvgIpc) is 3.24. The van der Waals surface area contributed by atoms with Crippen molar-refractivity contribution in [3.8, 4) is 0 Å². The number of ether oxygens (including phenoxy) is 2. The molecule has 0 N–H and O–H groups in total. The van der Waals surface area contributed by atoms with Gasteiger partial charge in [-0.1, -0.05) is 77.7 Å². The lowest BCUT2D eigenvalue weighted by molar-refractivity contribution is -0.156. The third kappa shape index (κ3) is 7.80. The van der Waals surface area contributed by atoms with Crippen molar-refractivity contribution in [3.05, 3.63) is 23.8 Å². The van der Waals surface area contributed by atoms with Gasteiger partial charge in [0.2, 0.25) is 0 Å². The minimum atomic E-state index is -0.561. The maximum atomic E-state index is 12.1. The Balaban J connectivity index is 1.26. The summed E-state index contributed by atoms with van der Waals surface area (Å²) < 4.78 is 11.5. The van der Waals surface area contributed by atoms with Crippen molar-refractivity contribution < 1.29 is 19.1 Å². The number of rotatable bonds is 12. The van der Waals surface area contributed by atoms with E-state index < -0.39 is 11.6 Å². The molecule has 4 rings (SSSR count). The highest BCUT2D eigenvalue weighted by Gasteiger charge is 2.59. The van der Waals surface area contributed by atoms with Crippen LogP contribution in [-0.4, -0.2) is 30.1 Å². The molecule has 0 bridgehead atoms. The summed E-state index contributed by atoms with van der Waals surface area (Å²) >= 11 is 0. The summed E-state index contributed by atoms with van der Waals surface area (Å²) in [6.07, 6.45) is 21.4. The van der Waals surface area contributed by atoms with E-state index in [0.29, 0.717) is 17.4 Å². The van der Waals surface area contributed by atoms with Gasteiger partial charge in [0.25, 0.3) is 0 Å². The molecule has 42 heavy (non-hydrogen) atoms. The summed E-state index contributed by atoms with van der Waals surface area (Å²) in [7, 11) is 0. The molecule has 0 heterocycles. The predicted octanol–water partition coefficient (Wildman–Crippen LogP) is 9.66. The van der Waals surface area contributed by atoms with Gasteiger partial charge in [-0.25, -0.2) is 0 Å². The van der Waals surface area contributed by atoms with Crippen LogP contribution in [0.4, 0.5) is 0 Å². The Labute approximate surface area is 257 Å². The van der Waals surface area contributed by atoms with Crippen molar-refractivity contribution in [2.24, 2.45) is 46.3 Å². The molecule has 0 aromatic carbocycles. The van der Waals surface area contributed by atoms with Gasteiger partial charge < -0.3 is 9.47 Å². The van der Waals surface area contributed by atoms with E-state index in [-0.39, 0.29) is 24.7 Å². The summed E-state index contributed by atoms with van der Waals surface area (Å²) in [5, 5.41) is 0. The topological polar surface area (TPSA) is 52.6 Å². The Morgan fingerprint density at radius 3 is 2.48 bits per heavy atom. The molecule has 3 saturated carbocycles. The molecular weight excluding hydrogens is 520 g/mol. The molecule has 0 radical (unpaired) electrons. The van der Waals surface area contributed by atoms with Crippen molar-refractivity contribution >= 4 is 11.8 Å². The molecule has 4 heteroatoms. The summed E-state index contributed by atoms with van der Waals surface area (Å²) in [5.74, 6) is 4.64. The fraction of sp³-hybridized carbons (Fsp3) is 0.842. The minimum absolute atomic E-state index is 0.117. The van der Waals surface area contributed by atoms with Crippen LogP contribution in [0, 0.1) is 46.3 Å². The van der Waals surface area contributed by atoms with Crippen LogP contribution in [0.15, 0.2) is 23.8 Å². The molecule has 0 spiro atoms. The second kappa shape index (κ2) is 13.7. The Morgan fingerprint density at radius 2 is 1.76 bits per heavy atom. The zero-order valence-electron chi connectivity index (χ0n) is 28.3. The summed E-state index contributed by atoms with van der Waals surface area (Å²) in [6.45, 7) is 18.5. The third-order valence-corrected chi connectivity index (χ3v) is 12.0. The number of hydrogen-bond acceptors (Lipinski definition) is 4. The fourth-order valence-corrected chi connectivity index (χ4v) is 9.88. The lowest BCUT2D eigenvalue weighted by Crippen LogP contribution is -2.51. The van der Waals surface area contributed by atoms with Crippen LogP contribution in [0.1, 0.15) is 139 Å². The Bertz CT molecular complexity index is 1000. The van der Waals surface area contributed by atoms with Crippen molar-refractivity contribution in [3.63, 3.8) is 0 Å². The van der Waals surface area contributed by atoms with E-state index in [1.54, 1.807) is 5.57 Å². The molecule has 4 aliphatic carbocycles. The van der Waals surface area contributed by atoms with E-state index in [0.717, 1.165) is 48.3 Å². The zero-order valence-corrected chi connectivity index (χ0v) is 28.3. The zero-order chi connectivity index (χ0) is 30.7. The highest BCUT2D eigenvalue weighted by atomic mass is 16.6. The predicted molar refractivity (Wildman–Crippen MR) is 172 cm³/mol. The SMILES string of the molecule is CC(C)CCC[C@@H](C)C1CCC2C3CC=C4C[C@@H](OC/C=C/CC(=O)CC(=O)OC(C)(C)C)CC[C@]4(C)C3CC[C@@]21C. The molecule has 0 amide bonds. The van der Waals surface area contributed by atoms with Crippen molar-refractivity contribution in [1.82, 2.24) is 0 Å². The highest BCUT2D eigenvalue weighted by Crippen LogP contribution is 2.67. The van der Waals surface area contributed by atoms with Crippen LogP contribution in [0.3, 0.4) is 0 Å². The second-order valence-electron chi connectivity index (χ2n) is 16.5. The molecule has 4 unspecified atom stereocenters. The molecule has 4 aliphatic rings. The molecular formula is C38H62O4. The summed E-state index contributed by atoms with van der Waals surface area (Å²) in [4.78, 5) is 24.0. The molecule has 3 fully saturated rings. The van der Waals surface area contributed by atoms with Crippen LogP contribution in [-0.2, 0) is 19.1 Å². The van der Waals surface area contributed by atoms with Crippen molar-refractivity contribution in [1.29, 1.82) is 0 Å². The molecule has 0 aromatic rings. The number of hydrogen-bond donors (Lipinski definition) is 0. The monoisotopic (exact) mass is 582 g/mol. The highest BCUT2D eigenvalue weighted by molar-refractivity contribution is 5.96. The van der Waals surface area contributed by atoms with Gasteiger partial charge in [0, 0.05) is 6.42 Å². The van der Waals surface area contributed by atoms with Crippen molar-refractivity contribution in [2.75, 3.05) is 6.61 Å². The number of ketones is 1. The van der Waals surface area contributed by atoms with E-state index in [2.05, 4.69) is 40.7 Å². The van der Waals surface area contributed by atoms with Gasteiger partial charge in [0.05, 0.1) is 12.7 Å². The molecule has 238 valence electrons. The van der Waals surface area contributed by atoms with E-state index in [1.165, 1.54) is 57.8 Å². The van der Waals surface area contributed by atoms with E-state index >= 15 is 0 Å². The van der Waals surface area contributed by atoms with Crippen LogP contribution >= 0.6 is 0 Å². The maximum Gasteiger partial charge on any atom is 0.313 e. The third-order valence-electron chi connectivity index (χ3n) is 12.0. The Morgan fingerprint density at radius 1 is 1.00 bits per heavy atom. The number of carbonyl (C=O) groups is 2. The first-order valence-corrected chi connectivity index (χ1v) is 17.4. The molecule has 0 aromatic heterocycles. The minimum Gasteiger partial charge on any atom is -0.460 e. The van der Waals surface area contributed by atoms with Crippen LogP contribution in [0.25, 0.3) is 0 Å². The normalized spacial score (nSPS) is 35.4. The molecule has 8 atom stereocenters. The number of allylic oxidation sites excluding steroid dienone is 2. The lowest BCUT2D eigenvalue weighted by Gasteiger charge is -2.58. The van der Waals surface area contributed by atoms with E-state index in [4.69, 9.17) is 9.47 Å².